The predicted molar refractivity (Wildman–Crippen MR) is 138 cm³/mol. The molecule has 0 radical (unpaired) electrons. The summed E-state index contributed by atoms with van der Waals surface area (Å²) in [7, 11) is 3.18. The van der Waals surface area contributed by atoms with Gasteiger partial charge in [0, 0.05) is 74.3 Å². The Hall–Kier alpha value is -2.39. The fourth-order valence-corrected chi connectivity index (χ4v) is 4.72. The molecule has 2 aromatic rings. The third kappa shape index (κ3) is 6.68. The minimum Gasteiger partial charge on any atom is -0.493 e. The fourth-order valence-electron chi connectivity index (χ4n) is 4.49. The van der Waals surface area contributed by atoms with Crippen LogP contribution in [0.15, 0.2) is 36.4 Å². The molecule has 3 rings (SSSR count). The van der Waals surface area contributed by atoms with E-state index in [2.05, 4.69) is 5.32 Å². The fraction of sp³-hybridized carbons (Fsp3) is 0.519. The number of aliphatic hydroxyl groups is 1. The maximum atomic E-state index is 14.5. The first-order valence-electron chi connectivity index (χ1n) is 12.2. The number of carbonyl (C=O) groups excluding carboxylic acids is 1. The number of β-amino-alcohol motifs (C(OH)–C–C–N with tert-alkyl or cyclic N) is 1. The molecule has 0 bridgehead atoms. The van der Waals surface area contributed by atoms with Crippen LogP contribution in [0.1, 0.15) is 36.2 Å². The molecule has 0 aliphatic carbocycles. The molecule has 1 fully saturated rings. The van der Waals surface area contributed by atoms with Crippen molar-refractivity contribution in [1.29, 1.82) is 0 Å². The molecule has 0 saturated carbocycles. The van der Waals surface area contributed by atoms with Gasteiger partial charge in [-0.3, -0.25) is 4.79 Å². The Labute approximate surface area is 217 Å². The normalized spacial score (nSPS) is 19.5. The van der Waals surface area contributed by atoms with Crippen molar-refractivity contribution in [2.75, 3.05) is 47.1 Å². The SMILES string of the molecule is COCCCOc1cc(C(=O)N(CC2CNCC2(O)Cc2c(F)cccc2Cl)C(C)C)ccc1OC. The maximum Gasteiger partial charge on any atom is 0.254 e. The highest BCUT2D eigenvalue weighted by atomic mass is 35.5. The molecule has 1 heterocycles. The van der Waals surface area contributed by atoms with Crippen molar-refractivity contribution in [1.82, 2.24) is 10.2 Å². The van der Waals surface area contributed by atoms with Crippen LogP contribution in [0.2, 0.25) is 5.02 Å². The second-order valence-electron chi connectivity index (χ2n) is 9.42. The maximum absolute atomic E-state index is 14.5. The molecule has 2 aromatic carbocycles. The lowest BCUT2D eigenvalue weighted by atomic mass is 9.84. The van der Waals surface area contributed by atoms with Gasteiger partial charge in [0.25, 0.3) is 5.91 Å². The highest BCUT2D eigenvalue weighted by Gasteiger charge is 2.43. The monoisotopic (exact) mass is 522 g/mol. The minimum atomic E-state index is -1.26. The summed E-state index contributed by atoms with van der Waals surface area (Å²) in [6, 6.07) is 9.46. The Kier molecular flexibility index (Phi) is 9.96. The van der Waals surface area contributed by atoms with Gasteiger partial charge in [-0.2, -0.15) is 0 Å². The quantitative estimate of drug-likeness (QED) is 0.411. The zero-order valence-corrected chi connectivity index (χ0v) is 22.1. The Morgan fingerprint density at radius 2 is 2.03 bits per heavy atom. The number of halogens is 2. The van der Waals surface area contributed by atoms with Gasteiger partial charge < -0.3 is 29.5 Å². The predicted octanol–water partition coefficient (Wildman–Crippen LogP) is 3.95. The van der Waals surface area contributed by atoms with E-state index in [1.54, 1.807) is 49.5 Å². The summed E-state index contributed by atoms with van der Waals surface area (Å²) in [5, 5.41) is 15.0. The number of nitrogens with one attached hydrogen (secondary N) is 1. The number of rotatable bonds is 12. The molecule has 2 atom stereocenters. The first-order chi connectivity index (χ1) is 17.2. The average molecular weight is 523 g/mol. The summed E-state index contributed by atoms with van der Waals surface area (Å²) >= 11 is 6.23. The highest BCUT2D eigenvalue weighted by molar-refractivity contribution is 6.31. The Morgan fingerprint density at radius 3 is 2.69 bits per heavy atom. The van der Waals surface area contributed by atoms with Crippen LogP contribution in [0.4, 0.5) is 4.39 Å². The minimum absolute atomic E-state index is 0.0539. The number of ether oxygens (including phenoxy) is 3. The van der Waals surface area contributed by atoms with Gasteiger partial charge in [-0.25, -0.2) is 4.39 Å². The van der Waals surface area contributed by atoms with Crippen LogP contribution < -0.4 is 14.8 Å². The molecular formula is C27H36ClFN2O5. The summed E-state index contributed by atoms with van der Waals surface area (Å²) in [4.78, 5) is 15.3. The molecule has 0 aromatic heterocycles. The van der Waals surface area contributed by atoms with Gasteiger partial charge in [0.1, 0.15) is 5.82 Å². The Bertz CT molecular complexity index is 1020. The number of nitrogens with zero attached hydrogens (tertiary/aromatic N) is 1. The Balaban J connectivity index is 1.80. The molecule has 36 heavy (non-hydrogen) atoms. The van der Waals surface area contributed by atoms with Crippen LogP contribution >= 0.6 is 11.6 Å². The third-order valence-corrected chi connectivity index (χ3v) is 6.94. The smallest absolute Gasteiger partial charge is 0.254 e. The Morgan fingerprint density at radius 1 is 1.25 bits per heavy atom. The molecule has 2 unspecified atom stereocenters. The van der Waals surface area contributed by atoms with E-state index in [1.807, 2.05) is 13.8 Å². The molecule has 0 spiro atoms. The van der Waals surface area contributed by atoms with Crippen LogP contribution in [-0.2, 0) is 11.2 Å². The first kappa shape index (κ1) is 28.2. The van der Waals surface area contributed by atoms with Crippen molar-refractivity contribution < 1.29 is 28.5 Å². The third-order valence-electron chi connectivity index (χ3n) is 6.59. The molecule has 1 saturated heterocycles. The summed E-state index contributed by atoms with van der Waals surface area (Å²) in [6.07, 6.45) is 0.757. The first-order valence-corrected chi connectivity index (χ1v) is 12.5. The number of hydrogen-bond donors (Lipinski definition) is 2. The standard InChI is InChI=1S/C27H36ClFN2O5/c1-18(2)31(26(32)19-9-10-24(35-4)25(13-19)36-12-6-11-34-3)16-20-15-30-17-27(20,33)14-21-22(28)7-5-8-23(21)29/h5,7-10,13,18,20,30,33H,6,11-12,14-17H2,1-4H3. The number of methoxy groups -OCH3 is 2. The lowest BCUT2D eigenvalue weighted by molar-refractivity contribution is 0.000768. The van der Waals surface area contributed by atoms with Crippen LogP contribution in [0, 0.1) is 11.7 Å². The summed E-state index contributed by atoms with van der Waals surface area (Å²) in [5.41, 5.74) is -0.518. The lowest BCUT2D eigenvalue weighted by Gasteiger charge is -2.36. The molecule has 1 aliphatic rings. The van der Waals surface area contributed by atoms with E-state index < -0.39 is 11.4 Å². The van der Waals surface area contributed by atoms with Gasteiger partial charge in [-0.05, 0) is 44.2 Å². The summed E-state index contributed by atoms with van der Waals surface area (Å²) in [5.74, 6) is 0.0670. The molecule has 1 aliphatic heterocycles. The van der Waals surface area contributed by atoms with Gasteiger partial charge in [-0.15, -0.1) is 0 Å². The molecule has 1 amide bonds. The summed E-state index contributed by atoms with van der Waals surface area (Å²) in [6.45, 7) is 5.92. The molecular weight excluding hydrogens is 487 g/mol. The molecule has 198 valence electrons. The highest BCUT2D eigenvalue weighted by Crippen LogP contribution is 2.33. The molecule has 7 nitrogen and oxygen atoms in total. The van der Waals surface area contributed by atoms with Crippen molar-refractivity contribution in [3.63, 3.8) is 0 Å². The van der Waals surface area contributed by atoms with E-state index in [0.29, 0.717) is 49.8 Å². The van der Waals surface area contributed by atoms with E-state index in [1.165, 1.54) is 6.07 Å². The zero-order chi connectivity index (χ0) is 26.3. The topological polar surface area (TPSA) is 80.3 Å². The summed E-state index contributed by atoms with van der Waals surface area (Å²) < 4.78 is 30.8. The van der Waals surface area contributed by atoms with Crippen LogP contribution in [0.25, 0.3) is 0 Å². The second-order valence-corrected chi connectivity index (χ2v) is 9.83. The van der Waals surface area contributed by atoms with E-state index in [0.717, 1.165) is 0 Å². The van der Waals surface area contributed by atoms with E-state index in [9.17, 15) is 14.3 Å². The van der Waals surface area contributed by atoms with Crippen molar-refractivity contribution in [2.24, 2.45) is 5.92 Å². The molecule has 9 heteroatoms. The number of benzene rings is 2. The largest absolute Gasteiger partial charge is 0.493 e. The van der Waals surface area contributed by atoms with Gasteiger partial charge in [0.15, 0.2) is 11.5 Å². The van der Waals surface area contributed by atoms with Crippen LogP contribution in [0.5, 0.6) is 11.5 Å². The number of carbonyl (C=O) groups is 1. The lowest BCUT2D eigenvalue weighted by Crippen LogP contribution is -2.49. The van der Waals surface area contributed by atoms with Gasteiger partial charge in [0.2, 0.25) is 0 Å². The van der Waals surface area contributed by atoms with Crippen LogP contribution in [-0.4, -0.2) is 74.6 Å². The number of amides is 1. The van der Waals surface area contributed by atoms with Crippen molar-refractivity contribution in [3.05, 3.63) is 58.4 Å². The average Bonchev–Trinajstić information content (AvgIpc) is 3.21. The molecule has 2 N–H and O–H groups in total. The van der Waals surface area contributed by atoms with Crippen molar-refractivity contribution in [2.45, 2.75) is 38.3 Å². The van der Waals surface area contributed by atoms with Gasteiger partial charge in [-0.1, -0.05) is 17.7 Å². The van der Waals surface area contributed by atoms with Crippen LogP contribution in [0.3, 0.4) is 0 Å². The second kappa shape index (κ2) is 12.7. The zero-order valence-electron chi connectivity index (χ0n) is 21.4. The number of hydrogen-bond acceptors (Lipinski definition) is 6. The van der Waals surface area contributed by atoms with Crippen molar-refractivity contribution in [3.8, 4) is 11.5 Å². The van der Waals surface area contributed by atoms with Crippen molar-refractivity contribution >= 4 is 17.5 Å². The van der Waals surface area contributed by atoms with Gasteiger partial charge >= 0.3 is 0 Å². The van der Waals surface area contributed by atoms with E-state index >= 15 is 0 Å². The van der Waals surface area contributed by atoms with E-state index in [4.69, 9.17) is 25.8 Å². The van der Waals surface area contributed by atoms with Gasteiger partial charge in [0.05, 0.1) is 19.3 Å². The van der Waals surface area contributed by atoms with E-state index in [-0.39, 0.29) is 41.4 Å².